The Morgan fingerprint density at radius 1 is 0.848 bits per heavy atom. The Kier molecular flexibility index (Phi) is 5.77. The molecule has 0 N–H and O–H groups in total. The Hall–Kier alpha value is -3.92. The van der Waals surface area contributed by atoms with Crippen molar-refractivity contribution >= 4 is 9.84 Å². The molecule has 1 aromatic heterocycles. The molecule has 0 fully saturated rings. The maximum absolute atomic E-state index is 13.7. The number of sulfone groups is 1. The number of hydrogen-bond acceptors (Lipinski definition) is 5. The zero-order chi connectivity index (χ0) is 23.8. The van der Waals surface area contributed by atoms with Crippen molar-refractivity contribution in [3.63, 3.8) is 0 Å². The van der Waals surface area contributed by atoms with E-state index in [1.54, 1.807) is 0 Å². The van der Waals surface area contributed by atoms with Crippen molar-refractivity contribution in [3.8, 4) is 28.3 Å². The molecule has 0 atom stereocenters. The second-order valence-electron chi connectivity index (χ2n) is 7.08. The molecule has 0 amide bonds. The Balaban J connectivity index is 1.89. The van der Waals surface area contributed by atoms with Crippen LogP contribution in [-0.4, -0.2) is 24.5 Å². The van der Waals surface area contributed by atoms with E-state index >= 15 is 0 Å². The minimum absolute atomic E-state index is 0.0730. The van der Waals surface area contributed by atoms with Gasteiger partial charge in [0.15, 0.2) is 9.84 Å². The standard InChI is InChI=1S/C23H15F3N2O4S/c1-33(30,31)20-8-2-14(3-9-20)21-13-27-28(18-11-16(25)10-17(26)12-18)23(29)22(21)32-19-6-4-15(24)5-7-19/h2-13H,1H3. The fourth-order valence-corrected chi connectivity index (χ4v) is 3.72. The van der Waals surface area contributed by atoms with Crippen molar-refractivity contribution in [3.05, 3.63) is 101 Å². The quantitative estimate of drug-likeness (QED) is 0.427. The highest BCUT2D eigenvalue weighted by atomic mass is 32.2. The third-order valence-electron chi connectivity index (χ3n) is 4.65. The summed E-state index contributed by atoms with van der Waals surface area (Å²) in [7, 11) is -3.44. The van der Waals surface area contributed by atoms with E-state index in [4.69, 9.17) is 4.74 Å². The van der Waals surface area contributed by atoms with Gasteiger partial charge in [-0.25, -0.2) is 21.6 Å². The molecule has 10 heteroatoms. The second-order valence-corrected chi connectivity index (χ2v) is 9.10. The highest BCUT2D eigenvalue weighted by molar-refractivity contribution is 7.90. The summed E-state index contributed by atoms with van der Waals surface area (Å²) in [4.78, 5) is 13.3. The summed E-state index contributed by atoms with van der Waals surface area (Å²) in [5.74, 6) is -2.44. The topological polar surface area (TPSA) is 78.3 Å². The minimum atomic E-state index is -3.44. The number of benzene rings is 3. The van der Waals surface area contributed by atoms with E-state index in [2.05, 4.69) is 5.10 Å². The summed E-state index contributed by atoms with van der Waals surface area (Å²) < 4.78 is 70.7. The first-order valence-corrected chi connectivity index (χ1v) is 11.3. The number of nitrogens with zero attached hydrogens (tertiary/aromatic N) is 2. The molecular weight excluding hydrogens is 457 g/mol. The molecule has 0 aliphatic heterocycles. The molecule has 0 radical (unpaired) electrons. The molecule has 33 heavy (non-hydrogen) atoms. The first-order chi connectivity index (χ1) is 15.6. The summed E-state index contributed by atoms with van der Waals surface area (Å²) in [6.07, 6.45) is 2.31. The van der Waals surface area contributed by atoms with E-state index in [-0.39, 0.29) is 27.6 Å². The molecule has 0 spiro atoms. The van der Waals surface area contributed by atoms with Crippen LogP contribution in [0.4, 0.5) is 13.2 Å². The molecule has 0 aliphatic carbocycles. The van der Waals surface area contributed by atoms with Crippen LogP contribution in [0, 0.1) is 17.5 Å². The largest absolute Gasteiger partial charge is 0.451 e. The first-order valence-electron chi connectivity index (χ1n) is 9.44. The zero-order valence-electron chi connectivity index (χ0n) is 17.0. The van der Waals surface area contributed by atoms with E-state index in [1.165, 1.54) is 42.6 Å². The molecule has 4 aromatic rings. The van der Waals surface area contributed by atoms with Crippen LogP contribution < -0.4 is 10.3 Å². The van der Waals surface area contributed by atoms with Crippen molar-refractivity contribution in [2.24, 2.45) is 0 Å². The average Bonchev–Trinajstić information content (AvgIpc) is 2.75. The minimum Gasteiger partial charge on any atom is -0.451 e. The Morgan fingerprint density at radius 2 is 1.45 bits per heavy atom. The third kappa shape index (κ3) is 4.80. The van der Waals surface area contributed by atoms with Gasteiger partial charge < -0.3 is 4.74 Å². The molecule has 168 valence electrons. The SMILES string of the molecule is CS(=O)(=O)c1ccc(-c2cnn(-c3cc(F)cc(F)c3)c(=O)c2Oc2ccc(F)cc2)cc1. The van der Waals surface area contributed by atoms with Gasteiger partial charge in [-0.05, 0) is 54.1 Å². The maximum Gasteiger partial charge on any atom is 0.315 e. The summed E-state index contributed by atoms with van der Waals surface area (Å²) in [5, 5.41) is 4.01. The van der Waals surface area contributed by atoms with Crippen molar-refractivity contribution in [2.45, 2.75) is 4.90 Å². The summed E-state index contributed by atoms with van der Waals surface area (Å²) in [5.41, 5.74) is -0.409. The zero-order valence-corrected chi connectivity index (χ0v) is 17.8. The summed E-state index contributed by atoms with van der Waals surface area (Å²) in [6, 6.07) is 13.1. The van der Waals surface area contributed by atoms with Gasteiger partial charge in [0.05, 0.1) is 22.3 Å². The molecule has 0 saturated carbocycles. The lowest BCUT2D eigenvalue weighted by molar-refractivity contribution is 0.467. The van der Waals surface area contributed by atoms with Crippen molar-refractivity contribution in [1.82, 2.24) is 9.78 Å². The van der Waals surface area contributed by atoms with Gasteiger partial charge in [0.25, 0.3) is 0 Å². The van der Waals surface area contributed by atoms with Crippen molar-refractivity contribution < 1.29 is 26.3 Å². The van der Waals surface area contributed by atoms with Gasteiger partial charge >= 0.3 is 5.56 Å². The maximum atomic E-state index is 13.7. The van der Waals surface area contributed by atoms with Gasteiger partial charge in [-0.1, -0.05) is 12.1 Å². The fourth-order valence-electron chi connectivity index (χ4n) is 3.09. The number of aromatic nitrogens is 2. The predicted octanol–water partition coefficient (Wildman–Crippen LogP) is 4.51. The summed E-state index contributed by atoms with van der Waals surface area (Å²) in [6.45, 7) is 0. The number of hydrogen-bond donors (Lipinski definition) is 0. The molecular formula is C23H15F3N2O4S. The van der Waals surface area contributed by atoms with Crippen LogP contribution in [0.5, 0.6) is 11.5 Å². The third-order valence-corrected chi connectivity index (χ3v) is 5.78. The van der Waals surface area contributed by atoms with Gasteiger partial charge in [0.1, 0.15) is 23.2 Å². The molecule has 6 nitrogen and oxygen atoms in total. The van der Waals surface area contributed by atoms with Crippen LogP contribution in [0.1, 0.15) is 0 Å². The van der Waals surface area contributed by atoms with Gasteiger partial charge in [0.2, 0.25) is 5.75 Å². The number of rotatable bonds is 5. The van der Waals surface area contributed by atoms with E-state index in [0.29, 0.717) is 11.6 Å². The smallest absolute Gasteiger partial charge is 0.315 e. The number of ether oxygens (including phenoxy) is 1. The lowest BCUT2D eigenvalue weighted by atomic mass is 10.1. The van der Waals surface area contributed by atoms with Crippen LogP contribution in [0.3, 0.4) is 0 Å². The van der Waals surface area contributed by atoms with E-state index in [1.807, 2.05) is 0 Å². The van der Waals surface area contributed by atoms with Crippen LogP contribution in [0.15, 0.2) is 82.6 Å². The highest BCUT2D eigenvalue weighted by Gasteiger charge is 2.18. The van der Waals surface area contributed by atoms with Crippen LogP contribution in [0.25, 0.3) is 16.8 Å². The van der Waals surface area contributed by atoms with Gasteiger partial charge in [-0.15, -0.1) is 0 Å². The monoisotopic (exact) mass is 472 g/mol. The van der Waals surface area contributed by atoms with Crippen LogP contribution in [-0.2, 0) is 9.84 Å². The Labute approximate surface area is 186 Å². The first kappa shape index (κ1) is 22.3. The molecule has 0 bridgehead atoms. The van der Waals surface area contributed by atoms with Crippen molar-refractivity contribution in [1.29, 1.82) is 0 Å². The van der Waals surface area contributed by atoms with Gasteiger partial charge in [-0.2, -0.15) is 9.78 Å². The Bertz CT molecular complexity index is 1480. The van der Waals surface area contributed by atoms with Crippen LogP contribution >= 0.6 is 0 Å². The predicted molar refractivity (Wildman–Crippen MR) is 115 cm³/mol. The van der Waals surface area contributed by atoms with Gasteiger partial charge in [-0.3, -0.25) is 4.79 Å². The van der Waals surface area contributed by atoms with Gasteiger partial charge in [0, 0.05) is 12.3 Å². The highest BCUT2D eigenvalue weighted by Crippen LogP contribution is 2.31. The lowest BCUT2D eigenvalue weighted by Gasteiger charge is -2.14. The molecule has 4 rings (SSSR count). The molecule has 0 aliphatic rings. The van der Waals surface area contributed by atoms with E-state index in [9.17, 15) is 26.4 Å². The molecule has 1 heterocycles. The summed E-state index contributed by atoms with van der Waals surface area (Å²) >= 11 is 0. The van der Waals surface area contributed by atoms with Crippen LogP contribution in [0.2, 0.25) is 0 Å². The van der Waals surface area contributed by atoms with E-state index in [0.717, 1.165) is 35.2 Å². The molecule has 0 saturated heterocycles. The normalized spacial score (nSPS) is 11.4. The number of halogens is 3. The molecule has 3 aromatic carbocycles. The molecule has 0 unspecified atom stereocenters. The van der Waals surface area contributed by atoms with Crippen molar-refractivity contribution in [2.75, 3.05) is 6.26 Å². The Morgan fingerprint density at radius 3 is 2.03 bits per heavy atom. The second kappa shape index (κ2) is 8.55. The lowest BCUT2D eigenvalue weighted by Crippen LogP contribution is -2.23. The fraction of sp³-hybridized carbons (Fsp3) is 0.0435. The van der Waals surface area contributed by atoms with E-state index < -0.39 is 32.8 Å². The average molecular weight is 472 g/mol.